The average molecular weight is 243 g/mol. The number of ether oxygens (including phenoxy) is 1. The molecule has 1 aromatic carbocycles. The summed E-state index contributed by atoms with van der Waals surface area (Å²) in [4.78, 5) is 4.24. The zero-order valence-electron chi connectivity index (χ0n) is 10.6. The van der Waals surface area contributed by atoms with Gasteiger partial charge in [-0.1, -0.05) is 18.2 Å². The van der Waals surface area contributed by atoms with Crippen molar-refractivity contribution in [3.8, 4) is 5.75 Å². The van der Waals surface area contributed by atoms with Crippen LogP contribution in [0.2, 0.25) is 0 Å². The molecule has 0 saturated carbocycles. The zero-order chi connectivity index (χ0) is 13.0. The molecule has 0 radical (unpaired) electrons. The first-order chi connectivity index (χ1) is 8.72. The van der Waals surface area contributed by atoms with Crippen molar-refractivity contribution in [2.24, 2.45) is 0 Å². The molecule has 1 N–H and O–H groups in total. The van der Waals surface area contributed by atoms with Gasteiger partial charge in [-0.15, -0.1) is 0 Å². The molecule has 0 amide bonds. The van der Waals surface area contributed by atoms with E-state index in [0.717, 1.165) is 16.9 Å². The number of nitrogens with zero attached hydrogens (tertiary/aromatic N) is 1. The van der Waals surface area contributed by atoms with Crippen molar-refractivity contribution in [3.05, 3.63) is 59.4 Å². The Hall–Kier alpha value is -1.87. The molecule has 0 aliphatic heterocycles. The molecule has 94 valence electrons. The molecule has 2 rings (SSSR count). The number of aliphatic hydroxyl groups excluding tert-OH is 1. The fraction of sp³-hybridized carbons (Fsp3) is 0.267. The molecular formula is C15H17NO2. The third kappa shape index (κ3) is 2.68. The first-order valence-electron chi connectivity index (χ1n) is 6.04. The lowest BCUT2D eigenvalue weighted by atomic mass is 10.0. The lowest BCUT2D eigenvalue weighted by molar-refractivity contribution is 0.213. The number of aryl methyl sites for hydroxylation is 1. The summed E-state index contributed by atoms with van der Waals surface area (Å²) in [5.74, 6) is 0.766. The minimum Gasteiger partial charge on any atom is -0.494 e. The van der Waals surface area contributed by atoms with Gasteiger partial charge < -0.3 is 9.84 Å². The summed E-state index contributed by atoms with van der Waals surface area (Å²) in [5.41, 5.74) is 2.46. The number of benzene rings is 1. The fourth-order valence-electron chi connectivity index (χ4n) is 1.88. The van der Waals surface area contributed by atoms with E-state index in [-0.39, 0.29) is 0 Å². The van der Waals surface area contributed by atoms with E-state index in [4.69, 9.17) is 4.74 Å². The highest BCUT2D eigenvalue weighted by atomic mass is 16.5. The average Bonchev–Trinajstić information content (AvgIpc) is 2.39. The number of aliphatic hydroxyl groups is 1. The van der Waals surface area contributed by atoms with Gasteiger partial charge in [-0.25, -0.2) is 0 Å². The van der Waals surface area contributed by atoms with Crippen LogP contribution in [0.4, 0.5) is 0 Å². The maximum absolute atomic E-state index is 10.3. The topological polar surface area (TPSA) is 42.4 Å². The first kappa shape index (κ1) is 12.6. The van der Waals surface area contributed by atoms with Crippen LogP contribution in [-0.2, 0) is 0 Å². The van der Waals surface area contributed by atoms with Crippen molar-refractivity contribution in [3.63, 3.8) is 0 Å². The van der Waals surface area contributed by atoms with Gasteiger partial charge in [-0.3, -0.25) is 4.98 Å². The van der Waals surface area contributed by atoms with Gasteiger partial charge >= 0.3 is 0 Å². The second kappa shape index (κ2) is 5.65. The van der Waals surface area contributed by atoms with Gasteiger partial charge in [0, 0.05) is 6.20 Å². The Morgan fingerprint density at radius 1 is 1.28 bits per heavy atom. The van der Waals surface area contributed by atoms with Crippen molar-refractivity contribution < 1.29 is 9.84 Å². The molecule has 1 atom stereocenters. The highest BCUT2D eigenvalue weighted by Crippen LogP contribution is 2.25. The van der Waals surface area contributed by atoms with Gasteiger partial charge in [0.05, 0.1) is 12.3 Å². The van der Waals surface area contributed by atoms with Crippen LogP contribution in [0.1, 0.15) is 29.8 Å². The van der Waals surface area contributed by atoms with E-state index in [2.05, 4.69) is 4.98 Å². The van der Waals surface area contributed by atoms with Crippen LogP contribution in [-0.4, -0.2) is 16.7 Å². The largest absolute Gasteiger partial charge is 0.494 e. The van der Waals surface area contributed by atoms with Crippen LogP contribution in [0.3, 0.4) is 0 Å². The Balaban J connectivity index is 2.31. The van der Waals surface area contributed by atoms with Crippen LogP contribution < -0.4 is 4.74 Å². The maximum atomic E-state index is 10.3. The summed E-state index contributed by atoms with van der Waals surface area (Å²) >= 11 is 0. The minimum atomic E-state index is -0.716. The zero-order valence-corrected chi connectivity index (χ0v) is 10.6. The summed E-state index contributed by atoms with van der Waals surface area (Å²) in [5, 5.41) is 10.3. The quantitative estimate of drug-likeness (QED) is 0.897. The smallest absolute Gasteiger partial charge is 0.121 e. The molecule has 0 aliphatic rings. The Labute approximate surface area is 107 Å². The summed E-state index contributed by atoms with van der Waals surface area (Å²) in [6.07, 6.45) is 0.976. The van der Waals surface area contributed by atoms with E-state index in [9.17, 15) is 5.11 Å². The molecule has 0 spiro atoms. The summed E-state index contributed by atoms with van der Waals surface area (Å²) in [6.45, 7) is 4.49. The SMILES string of the molecule is CCOc1cccc(C(O)c2ncccc2C)c1. The number of pyridine rings is 1. The molecule has 1 unspecified atom stereocenters. The van der Waals surface area contributed by atoms with E-state index in [1.165, 1.54) is 0 Å². The van der Waals surface area contributed by atoms with Crippen LogP contribution >= 0.6 is 0 Å². The van der Waals surface area contributed by atoms with Gasteiger partial charge in [0.15, 0.2) is 0 Å². The second-order valence-corrected chi connectivity index (χ2v) is 4.11. The third-order valence-electron chi connectivity index (χ3n) is 2.79. The lowest BCUT2D eigenvalue weighted by Gasteiger charge is -2.14. The highest BCUT2D eigenvalue weighted by Gasteiger charge is 2.14. The maximum Gasteiger partial charge on any atom is 0.121 e. The molecule has 1 heterocycles. The standard InChI is InChI=1S/C15H17NO2/c1-3-18-13-8-4-7-12(10-13)15(17)14-11(2)6-5-9-16-14/h4-10,15,17H,3H2,1-2H3. The third-order valence-corrected chi connectivity index (χ3v) is 2.79. The molecule has 1 aromatic heterocycles. The van der Waals surface area contributed by atoms with E-state index < -0.39 is 6.10 Å². The highest BCUT2D eigenvalue weighted by molar-refractivity contribution is 5.35. The Kier molecular flexibility index (Phi) is 3.95. The second-order valence-electron chi connectivity index (χ2n) is 4.11. The molecule has 3 heteroatoms. The summed E-state index contributed by atoms with van der Waals surface area (Å²) < 4.78 is 5.43. The Bertz CT molecular complexity index is 525. The lowest BCUT2D eigenvalue weighted by Crippen LogP contribution is -2.05. The predicted octanol–water partition coefficient (Wildman–Crippen LogP) is 2.87. The van der Waals surface area contributed by atoms with E-state index >= 15 is 0 Å². The van der Waals surface area contributed by atoms with Crippen molar-refractivity contribution in [2.75, 3.05) is 6.61 Å². The van der Waals surface area contributed by atoms with E-state index in [0.29, 0.717) is 12.3 Å². The molecule has 0 fully saturated rings. The van der Waals surface area contributed by atoms with Crippen molar-refractivity contribution in [1.29, 1.82) is 0 Å². The van der Waals surface area contributed by atoms with Crippen molar-refractivity contribution in [1.82, 2.24) is 4.98 Å². The van der Waals surface area contributed by atoms with Gasteiger partial charge in [-0.2, -0.15) is 0 Å². The molecule has 3 nitrogen and oxygen atoms in total. The normalized spacial score (nSPS) is 12.2. The van der Waals surface area contributed by atoms with Gasteiger partial charge in [0.2, 0.25) is 0 Å². The first-order valence-corrected chi connectivity index (χ1v) is 6.04. The van der Waals surface area contributed by atoms with Gasteiger partial charge in [-0.05, 0) is 43.2 Å². The van der Waals surface area contributed by atoms with E-state index in [1.807, 2.05) is 50.2 Å². The number of hydrogen-bond donors (Lipinski definition) is 1. The summed E-state index contributed by atoms with van der Waals surface area (Å²) in [7, 11) is 0. The molecule has 2 aromatic rings. The van der Waals surface area contributed by atoms with Gasteiger partial charge in [0.25, 0.3) is 0 Å². The van der Waals surface area contributed by atoms with E-state index in [1.54, 1.807) is 6.20 Å². The molecule has 18 heavy (non-hydrogen) atoms. The van der Waals surface area contributed by atoms with Gasteiger partial charge in [0.1, 0.15) is 11.9 Å². The predicted molar refractivity (Wildman–Crippen MR) is 70.6 cm³/mol. The number of rotatable bonds is 4. The molecule has 0 saturated heterocycles. The van der Waals surface area contributed by atoms with Crippen LogP contribution in [0.25, 0.3) is 0 Å². The number of aromatic nitrogens is 1. The van der Waals surface area contributed by atoms with Crippen LogP contribution in [0.5, 0.6) is 5.75 Å². The summed E-state index contributed by atoms with van der Waals surface area (Å²) in [6, 6.07) is 11.3. The van der Waals surface area contributed by atoms with Crippen LogP contribution in [0.15, 0.2) is 42.6 Å². The molecule has 0 aliphatic carbocycles. The Morgan fingerprint density at radius 2 is 2.11 bits per heavy atom. The molecule has 0 bridgehead atoms. The van der Waals surface area contributed by atoms with Crippen LogP contribution in [0, 0.1) is 6.92 Å². The minimum absolute atomic E-state index is 0.613. The fourth-order valence-corrected chi connectivity index (χ4v) is 1.88. The van der Waals surface area contributed by atoms with Crippen molar-refractivity contribution >= 4 is 0 Å². The monoisotopic (exact) mass is 243 g/mol. The molecular weight excluding hydrogens is 226 g/mol. The van der Waals surface area contributed by atoms with Crippen molar-refractivity contribution in [2.45, 2.75) is 20.0 Å². The number of hydrogen-bond acceptors (Lipinski definition) is 3. The Morgan fingerprint density at radius 3 is 2.83 bits per heavy atom.